The van der Waals surface area contributed by atoms with Crippen molar-refractivity contribution in [3.63, 3.8) is 0 Å². The van der Waals surface area contributed by atoms with E-state index in [1.807, 2.05) is 0 Å². The zero-order chi connectivity index (χ0) is 27.0. The minimum Gasteiger partial charge on any atom is -0.352 e. The zero-order valence-corrected chi connectivity index (χ0v) is 22.8. The van der Waals surface area contributed by atoms with Crippen LogP contribution in [0.25, 0.3) is 0 Å². The lowest BCUT2D eigenvalue weighted by Gasteiger charge is -2.33. The van der Waals surface area contributed by atoms with Crippen molar-refractivity contribution in [2.45, 2.75) is 101 Å². The fourth-order valence-electron chi connectivity index (χ4n) is 6.24. The summed E-state index contributed by atoms with van der Waals surface area (Å²) in [6, 6.07) is 3.61. The monoisotopic (exact) mass is 543 g/mol. The van der Waals surface area contributed by atoms with Crippen molar-refractivity contribution in [3.8, 4) is 0 Å². The third-order valence-electron chi connectivity index (χ3n) is 8.15. The van der Waals surface area contributed by atoms with E-state index in [9.17, 15) is 26.4 Å². The van der Waals surface area contributed by atoms with Gasteiger partial charge in [0, 0.05) is 25.2 Å². The van der Waals surface area contributed by atoms with Gasteiger partial charge in [0.05, 0.1) is 16.5 Å². The Labute approximate surface area is 218 Å². The van der Waals surface area contributed by atoms with Crippen LogP contribution in [0.2, 0.25) is 0 Å². The second-order valence-corrected chi connectivity index (χ2v) is 14.2. The zero-order valence-electron chi connectivity index (χ0n) is 22.0. The van der Waals surface area contributed by atoms with E-state index in [0.717, 1.165) is 49.9 Å². The second kappa shape index (κ2) is 10.8. The quantitative estimate of drug-likeness (QED) is 0.510. The van der Waals surface area contributed by atoms with Gasteiger partial charge in [0.25, 0.3) is 0 Å². The summed E-state index contributed by atoms with van der Waals surface area (Å²) < 4.78 is 66.5. The first-order valence-electron chi connectivity index (χ1n) is 13.5. The van der Waals surface area contributed by atoms with Crippen LogP contribution in [0, 0.1) is 17.3 Å². The summed E-state index contributed by atoms with van der Waals surface area (Å²) in [5.41, 5.74) is -0.902. The third-order valence-corrected chi connectivity index (χ3v) is 9.99. The molecular formula is C27H40F3N3O3S. The van der Waals surface area contributed by atoms with Gasteiger partial charge in [-0.1, -0.05) is 40.0 Å². The molecule has 1 aromatic rings. The molecule has 208 valence electrons. The summed E-state index contributed by atoms with van der Waals surface area (Å²) in [4.78, 5) is 13.3. The van der Waals surface area contributed by atoms with Crippen LogP contribution in [-0.2, 0) is 21.0 Å². The molecule has 1 saturated heterocycles. The van der Waals surface area contributed by atoms with Crippen LogP contribution in [0.4, 0.5) is 13.2 Å². The molecule has 10 heteroatoms. The van der Waals surface area contributed by atoms with Gasteiger partial charge in [-0.25, -0.2) is 8.42 Å². The van der Waals surface area contributed by atoms with Crippen molar-refractivity contribution in [3.05, 3.63) is 29.8 Å². The maximum absolute atomic E-state index is 13.5. The van der Waals surface area contributed by atoms with Crippen LogP contribution >= 0.6 is 0 Å². The topological polar surface area (TPSA) is 78.5 Å². The predicted octanol–water partition coefficient (Wildman–Crippen LogP) is 4.95. The summed E-state index contributed by atoms with van der Waals surface area (Å²) in [6.45, 7) is 6.97. The van der Waals surface area contributed by atoms with Crippen LogP contribution in [0.15, 0.2) is 29.2 Å². The summed E-state index contributed by atoms with van der Waals surface area (Å²) >= 11 is 0. The first-order chi connectivity index (χ1) is 17.2. The van der Waals surface area contributed by atoms with Gasteiger partial charge < -0.3 is 10.6 Å². The van der Waals surface area contributed by atoms with Gasteiger partial charge in [0.15, 0.2) is 0 Å². The molecule has 3 aliphatic rings. The summed E-state index contributed by atoms with van der Waals surface area (Å²) in [5.74, 6) is 0.107. The smallest absolute Gasteiger partial charge is 0.352 e. The Morgan fingerprint density at radius 2 is 1.65 bits per heavy atom. The van der Waals surface area contributed by atoms with Crippen molar-refractivity contribution in [2.75, 3.05) is 13.1 Å². The fraction of sp³-hybridized carbons (Fsp3) is 0.741. The van der Waals surface area contributed by atoms with Gasteiger partial charge in [0.1, 0.15) is 0 Å². The number of sulfonamides is 1. The van der Waals surface area contributed by atoms with Crippen LogP contribution in [0.1, 0.15) is 77.7 Å². The Hall–Kier alpha value is -1.65. The molecule has 2 saturated carbocycles. The summed E-state index contributed by atoms with van der Waals surface area (Å²) in [5, 5.41) is 6.87. The van der Waals surface area contributed by atoms with Gasteiger partial charge in [0.2, 0.25) is 15.9 Å². The Balaban J connectivity index is 1.41. The van der Waals surface area contributed by atoms with E-state index >= 15 is 0 Å². The molecule has 1 aliphatic heterocycles. The van der Waals surface area contributed by atoms with E-state index in [2.05, 4.69) is 31.4 Å². The highest BCUT2D eigenvalue weighted by Gasteiger charge is 2.47. The van der Waals surface area contributed by atoms with Gasteiger partial charge in [-0.3, -0.25) is 4.79 Å². The molecule has 0 bridgehead atoms. The number of carbonyl (C=O) groups is 1. The number of rotatable bonds is 7. The number of hydrogen-bond donors (Lipinski definition) is 2. The molecule has 4 rings (SSSR count). The molecule has 4 atom stereocenters. The SMILES string of the molecule is CC(C)(C)C[C@H](NC1CCCCC1)C(=O)N[C@H]1CC[C@@H]2CN(S(=O)(=O)c3ccc(C(F)(F)F)cc3)C[C@@H]21. The number of hydrogen-bond acceptors (Lipinski definition) is 4. The lowest BCUT2D eigenvalue weighted by molar-refractivity contribution is -0.137. The normalized spacial score (nSPS) is 26.7. The van der Waals surface area contributed by atoms with Crippen molar-refractivity contribution >= 4 is 15.9 Å². The average molecular weight is 544 g/mol. The molecule has 0 unspecified atom stereocenters. The Morgan fingerprint density at radius 1 is 1.00 bits per heavy atom. The molecule has 1 aromatic carbocycles. The number of amides is 1. The standard InChI is InChI=1S/C27H40F3N3O3S/c1-26(2,3)15-24(31-20-7-5-4-6-8-20)25(34)32-23-14-9-18-16-33(17-22(18)23)37(35,36)21-12-10-19(11-13-21)27(28,29)30/h10-13,18,20,22-24,31H,4-9,14-17H2,1-3H3,(H,32,34)/t18-,22+,23+,24+/m1/s1. The predicted molar refractivity (Wildman–Crippen MR) is 136 cm³/mol. The van der Waals surface area contributed by atoms with E-state index in [4.69, 9.17) is 0 Å². The molecule has 0 aromatic heterocycles. The van der Waals surface area contributed by atoms with Gasteiger partial charge >= 0.3 is 6.18 Å². The van der Waals surface area contributed by atoms with E-state index < -0.39 is 21.8 Å². The van der Waals surface area contributed by atoms with Crippen LogP contribution in [0.5, 0.6) is 0 Å². The van der Waals surface area contributed by atoms with Gasteiger partial charge in [-0.05, 0) is 73.6 Å². The van der Waals surface area contributed by atoms with Crippen LogP contribution < -0.4 is 10.6 Å². The molecule has 37 heavy (non-hydrogen) atoms. The summed E-state index contributed by atoms with van der Waals surface area (Å²) in [6.07, 6.45) is 3.58. The van der Waals surface area contributed by atoms with Crippen LogP contribution in [0.3, 0.4) is 0 Å². The maximum atomic E-state index is 13.5. The highest BCUT2D eigenvalue weighted by Crippen LogP contribution is 2.40. The number of halogens is 3. The number of alkyl halides is 3. The number of benzene rings is 1. The summed E-state index contributed by atoms with van der Waals surface area (Å²) in [7, 11) is -3.91. The van der Waals surface area contributed by atoms with Gasteiger partial charge in [-0.15, -0.1) is 0 Å². The Kier molecular flexibility index (Phi) is 8.31. The van der Waals surface area contributed by atoms with Crippen LogP contribution in [-0.4, -0.2) is 49.8 Å². The molecule has 1 amide bonds. The molecule has 1 heterocycles. The highest BCUT2D eigenvalue weighted by molar-refractivity contribution is 7.89. The maximum Gasteiger partial charge on any atom is 0.416 e. The van der Waals surface area contributed by atoms with E-state index in [1.165, 1.54) is 23.6 Å². The molecular weight excluding hydrogens is 503 g/mol. The Bertz CT molecular complexity index is 1050. The minimum absolute atomic E-state index is 0.00172. The van der Waals surface area contributed by atoms with E-state index in [-0.39, 0.29) is 46.7 Å². The molecule has 2 N–H and O–H groups in total. The van der Waals surface area contributed by atoms with Crippen molar-refractivity contribution in [2.24, 2.45) is 17.3 Å². The largest absolute Gasteiger partial charge is 0.416 e. The lowest BCUT2D eigenvalue weighted by atomic mass is 9.86. The molecule has 0 spiro atoms. The molecule has 0 radical (unpaired) electrons. The van der Waals surface area contributed by atoms with E-state index in [1.54, 1.807) is 0 Å². The second-order valence-electron chi connectivity index (χ2n) is 12.3. The third kappa shape index (κ3) is 6.87. The van der Waals surface area contributed by atoms with Crippen molar-refractivity contribution in [1.82, 2.24) is 14.9 Å². The van der Waals surface area contributed by atoms with Gasteiger partial charge in [-0.2, -0.15) is 17.5 Å². The lowest BCUT2D eigenvalue weighted by Crippen LogP contribution is -2.53. The van der Waals surface area contributed by atoms with Crippen molar-refractivity contribution < 1.29 is 26.4 Å². The van der Waals surface area contributed by atoms with Crippen molar-refractivity contribution in [1.29, 1.82) is 0 Å². The number of nitrogens with zero attached hydrogens (tertiary/aromatic N) is 1. The minimum atomic E-state index is -4.52. The first kappa shape index (κ1) is 28.4. The number of carbonyl (C=O) groups excluding carboxylic acids is 1. The molecule has 2 aliphatic carbocycles. The molecule has 3 fully saturated rings. The Morgan fingerprint density at radius 3 is 2.24 bits per heavy atom. The molecule has 6 nitrogen and oxygen atoms in total. The average Bonchev–Trinajstić information content (AvgIpc) is 3.40. The fourth-order valence-corrected chi connectivity index (χ4v) is 7.78. The van der Waals surface area contributed by atoms with E-state index in [0.29, 0.717) is 19.0 Å². The highest BCUT2D eigenvalue weighted by atomic mass is 32.2. The number of nitrogens with one attached hydrogen (secondary N) is 2. The number of fused-ring (bicyclic) bond motifs is 1. The first-order valence-corrected chi connectivity index (χ1v) is 14.9.